The number of fused-ring (bicyclic) bond motifs is 1. The minimum Gasteiger partial charge on any atom is -0.303 e. The largest absolute Gasteiger partial charge is 0.303 e. The van der Waals surface area contributed by atoms with Gasteiger partial charge < -0.3 is 4.90 Å². The van der Waals surface area contributed by atoms with E-state index >= 15 is 0 Å². The minimum absolute atomic E-state index is 0.0590. The van der Waals surface area contributed by atoms with Gasteiger partial charge in [0.2, 0.25) is 0 Å². The van der Waals surface area contributed by atoms with Crippen molar-refractivity contribution >= 4 is 17.2 Å². The van der Waals surface area contributed by atoms with Crippen LogP contribution in [0.2, 0.25) is 0 Å². The molecule has 1 amide bonds. The Morgan fingerprint density at radius 3 is 2.31 bits per heavy atom. The molecule has 4 nitrogen and oxygen atoms in total. The number of carbonyl (C=O) groups is 1. The van der Waals surface area contributed by atoms with Crippen molar-refractivity contribution in [2.75, 3.05) is 4.90 Å². The molecular formula is C22H19N3O. The lowest BCUT2D eigenvalue weighted by molar-refractivity contribution is 0.0979. The molecule has 0 spiro atoms. The van der Waals surface area contributed by atoms with Gasteiger partial charge in [0.15, 0.2) is 0 Å². The molecule has 0 saturated carbocycles. The second-order valence-electron chi connectivity index (χ2n) is 6.19. The minimum atomic E-state index is -0.0590. The lowest BCUT2D eigenvalue weighted by Crippen LogP contribution is -2.31. The third-order valence-electron chi connectivity index (χ3n) is 4.40. The molecule has 26 heavy (non-hydrogen) atoms. The summed E-state index contributed by atoms with van der Waals surface area (Å²) in [5, 5.41) is 0. The van der Waals surface area contributed by atoms with Crippen LogP contribution in [0.5, 0.6) is 0 Å². The first-order valence-electron chi connectivity index (χ1n) is 8.58. The Kier molecular flexibility index (Phi) is 4.23. The van der Waals surface area contributed by atoms with Crippen molar-refractivity contribution in [2.24, 2.45) is 0 Å². The zero-order valence-electron chi connectivity index (χ0n) is 14.5. The number of para-hydroxylation sites is 1. The summed E-state index contributed by atoms with van der Waals surface area (Å²) in [6, 6.07) is 25.5. The van der Waals surface area contributed by atoms with Gasteiger partial charge in [-0.2, -0.15) is 0 Å². The lowest BCUT2D eigenvalue weighted by atomic mass is 10.1. The van der Waals surface area contributed by atoms with Crippen LogP contribution in [0.25, 0.3) is 5.65 Å². The molecule has 0 aliphatic carbocycles. The standard InChI is InChI=1S/C22H19N3O/c1-17-21(24-15-9-8-14-20(24)23-17)22(26)25(19-12-6-3-7-13-19)16-18-10-4-2-5-11-18/h2-15H,16H2,1H3. The predicted octanol–water partition coefficient (Wildman–Crippen LogP) is 4.49. The Hall–Kier alpha value is -3.40. The number of amides is 1. The van der Waals surface area contributed by atoms with E-state index in [4.69, 9.17) is 0 Å². The number of rotatable bonds is 4. The van der Waals surface area contributed by atoms with Crippen LogP contribution in [0, 0.1) is 6.92 Å². The molecule has 128 valence electrons. The molecule has 0 unspecified atom stereocenters. The van der Waals surface area contributed by atoms with Gasteiger partial charge in [-0.1, -0.05) is 54.6 Å². The molecule has 0 aliphatic heterocycles. The molecular weight excluding hydrogens is 322 g/mol. The Labute approximate surface area is 152 Å². The summed E-state index contributed by atoms with van der Waals surface area (Å²) in [5.41, 5.74) is 4.06. The van der Waals surface area contributed by atoms with Gasteiger partial charge >= 0.3 is 0 Å². The highest BCUT2D eigenvalue weighted by molar-refractivity contribution is 6.06. The van der Waals surface area contributed by atoms with E-state index in [9.17, 15) is 4.79 Å². The maximum absolute atomic E-state index is 13.5. The van der Waals surface area contributed by atoms with Crippen LogP contribution in [-0.2, 0) is 6.54 Å². The number of anilines is 1. The Bertz CT molecular complexity index is 1040. The van der Waals surface area contributed by atoms with Crippen LogP contribution in [0.4, 0.5) is 5.69 Å². The fraction of sp³-hybridized carbons (Fsp3) is 0.0909. The smallest absolute Gasteiger partial charge is 0.277 e. The van der Waals surface area contributed by atoms with Crippen molar-refractivity contribution in [1.29, 1.82) is 0 Å². The number of aryl methyl sites for hydroxylation is 1. The maximum atomic E-state index is 13.5. The van der Waals surface area contributed by atoms with Crippen LogP contribution in [0.15, 0.2) is 85.1 Å². The van der Waals surface area contributed by atoms with Gasteiger partial charge in [0, 0.05) is 11.9 Å². The molecule has 2 heterocycles. The van der Waals surface area contributed by atoms with Crippen molar-refractivity contribution < 1.29 is 4.79 Å². The first kappa shape index (κ1) is 16.1. The first-order chi connectivity index (χ1) is 12.7. The molecule has 2 aromatic heterocycles. The Morgan fingerprint density at radius 1 is 0.923 bits per heavy atom. The summed E-state index contributed by atoms with van der Waals surface area (Å²) >= 11 is 0. The molecule has 0 saturated heterocycles. The van der Waals surface area contributed by atoms with E-state index in [2.05, 4.69) is 4.98 Å². The number of aromatic nitrogens is 2. The van der Waals surface area contributed by atoms with Crippen LogP contribution in [-0.4, -0.2) is 15.3 Å². The third kappa shape index (κ3) is 2.97. The average Bonchev–Trinajstić information content (AvgIpc) is 3.03. The second kappa shape index (κ2) is 6.84. The SMILES string of the molecule is Cc1nc2ccccn2c1C(=O)N(Cc1ccccc1)c1ccccc1. The van der Waals surface area contributed by atoms with E-state index in [0.717, 1.165) is 22.6 Å². The predicted molar refractivity (Wildman–Crippen MR) is 103 cm³/mol. The van der Waals surface area contributed by atoms with E-state index in [1.165, 1.54) is 0 Å². The van der Waals surface area contributed by atoms with Gasteiger partial charge in [-0.3, -0.25) is 9.20 Å². The molecule has 0 fully saturated rings. The highest BCUT2D eigenvalue weighted by atomic mass is 16.2. The first-order valence-corrected chi connectivity index (χ1v) is 8.58. The van der Waals surface area contributed by atoms with Crippen LogP contribution < -0.4 is 4.90 Å². The van der Waals surface area contributed by atoms with Crippen molar-refractivity contribution in [3.05, 3.63) is 102 Å². The number of hydrogen-bond donors (Lipinski definition) is 0. The Balaban J connectivity index is 1.80. The van der Waals surface area contributed by atoms with Crippen molar-refractivity contribution in [3.63, 3.8) is 0 Å². The van der Waals surface area contributed by atoms with Crippen molar-refractivity contribution in [1.82, 2.24) is 9.38 Å². The van der Waals surface area contributed by atoms with Crippen LogP contribution >= 0.6 is 0 Å². The maximum Gasteiger partial charge on any atom is 0.277 e. The molecule has 4 heteroatoms. The molecule has 0 atom stereocenters. The summed E-state index contributed by atoms with van der Waals surface area (Å²) < 4.78 is 1.86. The molecule has 4 rings (SSSR count). The van der Waals surface area contributed by atoms with E-state index in [0.29, 0.717) is 12.2 Å². The van der Waals surface area contributed by atoms with Crippen LogP contribution in [0.1, 0.15) is 21.7 Å². The summed E-state index contributed by atoms with van der Waals surface area (Å²) in [7, 11) is 0. The highest BCUT2D eigenvalue weighted by Crippen LogP contribution is 2.22. The molecule has 0 N–H and O–H groups in total. The second-order valence-corrected chi connectivity index (χ2v) is 6.19. The highest BCUT2D eigenvalue weighted by Gasteiger charge is 2.23. The zero-order chi connectivity index (χ0) is 17.9. The number of nitrogens with zero attached hydrogens (tertiary/aromatic N) is 3. The Morgan fingerprint density at radius 2 is 1.58 bits per heavy atom. The van der Waals surface area contributed by atoms with E-state index in [-0.39, 0.29) is 5.91 Å². The molecule has 2 aromatic carbocycles. The zero-order valence-corrected chi connectivity index (χ0v) is 14.5. The fourth-order valence-corrected chi connectivity index (χ4v) is 3.15. The summed E-state index contributed by atoms with van der Waals surface area (Å²) in [6.07, 6.45) is 1.88. The van der Waals surface area contributed by atoms with Gasteiger partial charge in [-0.25, -0.2) is 4.98 Å². The number of imidazole rings is 1. The van der Waals surface area contributed by atoms with E-state index in [1.54, 1.807) is 4.90 Å². The van der Waals surface area contributed by atoms with Gasteiger partial charge in [0.05, 0.1) is 12.2 Å². The number of benzene rings is 2. The summed E-state index contributed by atoms with van der Waals surface area (Å²) in [6.45, 7) is 2.38. The topological polar surface area (TPSA) is 37.6 Å². The summed E-state index contributed by atoms with van der Waals surface area (Å²) in [5.74, 6) is -0.0590. The molecule has 4 aromatic rings. The van der Waals surface area contributed by atoms with Crippen molar-refractivity contribution in [3.8, 4) is 0 Å². The number of pyridine rings is 1. The molecule has 0 bridgehead atoms. The lowest BCUT2D eigenvalue weighted by Gasteiger charge is -2.23. The van der Waals surface area contributed by atoms with Gasteiger partial charge in [0.1, 0.15) is 11.3 Å². The normalized spacial score (nSPS) is 10.8. The number of hydrogen-bond acceptors (Lipinski definition) is 2. The fourth-order valence-electron chi connectivity index (χ4n) is 3.15. The van der Waals surface area contributed by atoms with E-state index in [1.807, 2.05) is 96.4 Å². The number of carbonyl (C=O) groups excluding carboxylic acids is 1. The average molecular weight is 341 g/mol. The quantitative estimate of drug-likeness (QED) is 0.548. The van der Waals surface area contributed by atoms with Gasteiger partial charge in [0.25, 0.3) is 5.91 Å². The van der Waals surface area contributed by atoms with Gasteiger partial charge in [-0.05, 0) is 36.8 Å². The third-order valence-corrected chi connectivity index (χ3v) is 4.40. The van der Waals surface area contributed by atoms with Crippen molar-refractivity contribution in [2.45, 2.75) is 13.5 Å². The van der Waals surface area contributed by atoms with E-state index < -0.39 is 0 Å². The van der Waals surface area contributed by atoms with Gasteiger partial charge in [-0.15, -0.1) is 0 Å². The molecule has 0 aliphatic rings. The van der Waals surface area contributed by atoms with Crippen LogP contribution in [0.3, 0.4) is 0 Å². The monoisotopic (exact) mass is 341 g/mol. The molecule has 0 radical (unpaired) electrons. The summed E-state index contributed by atoms with van der Waals surface area (Å²) in [4.78, 5) is 19.8.